The second-order valence-corrected chi connectivity index (χ2v) is 9.65. The molecule has 0 saturated carbocycles. The second-order valence-electron chi connectivity index (χ2n) is 6.17. The fourth-order valence-electron chi connectivity index (χ4n) is 3.05. The highest BCUT2D eigenvalue weighted by Gasteiger charge is 2.31. The van der Waals surface area contributed by atoms with Crippen molar-refractivity contribution in [1.82, 2.24) is 5.32 Å². The first-order valence-corrected chi connectivity index (χ1v) is 10.9. The molecule has 0 radical (unpaired) electrons. The summed E-state index contributed by atoms with van der Waals surface area (Å²) >= 11 is 7.38. The van der Waals surface area contributed by atoms with Gasteiger partial charge in [0.25, 0.3) is 0 Å². The van der Waals surface area contributed by atoms with Crippen LogP contribution in [-0.2, 0) is 22.1 Å². The molecule has 2 heterocycles. The number of benzene rings is 2. The van der Waals surface area contributed by atoms with Gasteiger partial charge < -0.3 is 5.11 Å². The summed E-state index contributed by atoms with van der Waals surface area (Å²) in [7, 11) is -3.43. The molecule has 1 unspecified atom stereocenters. The number of aliphatic hydroxyl groups excluding tert-OH is 1. The van der Waals surface area contributed by atoms with Crippen LogP contribution in [-0.4, -0.2) is 13.5 Å². The maximum Gasteiger partial charge on any atom is 0.183 e. The van der Waals surface area contributed by atoms with E-state index in [-0.39, 0.29) is 10.6 Å². The van der Waals surface area contributed by atoms with Crippen molar-refractivity contribution in [3.05, 3.63) is 75.6 Å². The lowest BCUT2D eigenvalue weighted by atomic mass is 10.1. The third-order valence-electron chi connectivity index (χ3n) is 4.31. The summed E-state index contributed by atoms with van der Waals surface area (Å²) in [6, 6.07) is 16.5. The Labute approximate surface area is 161 Å². The molecule has 1 atom stereocenters. The van der Waals surface area contributed by atoms with Gasteiger partial charge in [0, 0.05) is 26.9 Å². The van der Waals surface area contributed by atoms with Crippen molar-refractivity contribution in [3.8, 4) is 10.4 Å². The van der Waals surface area contributed by atoms with Gasteiger partial charge in [-0.05, 0) is 29.3 Å². The average molecular weight is 406 g/mol. The van der Waals surface area contributed by atoms with Crippen LogP contribution in [0.3, 0.4) is 0 Å². The summed E-state index contributed by atoms with van der Waals surface area (Å²) in [6.07, 6.45) is -0.857. The van der Waals surface area contributed by atoms with Crippen molar-refractivity contribution in [1.29, 1.82) is 0 Å². The smallest absolute Gasteiger partial charge is 0.183 e. The number of hydrogen-bond acceptors (Lipinski definition) is 5. The van der Waals surface area contributed by atoms with Gasteiger partial charge in [0.05, 0.1) is 10.6 Å². The normalized spacial score (nSPS) is 15.9. The quantitative estimate of drug-likeness (QED) is 0.640. The highest BCUT2D eigenvalue weighted by atomic mass is 35.5. The highest BCUT2D eigenvalue weighted by molar-refractivity contribution is 7.91. The van der Waals surface area contributed by atoms with Crippen LogP contribution in [0, 0.1) is 0 Å². The lowest BCUT2D eigenvalue weighted by Gasteiger charge is -2.16. The molecular weight excluding hydrogens is 390 g/mol. The standard InChI is InChI=1S/C19H16ClNO3S2/c20-14-6-7-15-17(9-14)26(23,24)11-13-8-16(25-18(13)15)19(22)21-10-12-4-2-1-3-5-12/h1-9,19,21-22H,10-11H2. The van der Waals surface area contributed by atoms with Crippen molar-refractivity contribution in [2.45, 2.75) is 23.4 Å². The fraction of sp³-hybridized carbons (Fsp3) is 0.158. The van der Waals surface area contributed by atoms with E-state index in [4.69, 9.17) is 11.6 Å². The summed E-state index contributed by atoms with van der Waals surface area (Å²) < 4.78 is 25.1. The zero-order valence-corrected chi connectivity index (χ0v) is 16.0. The topological polar surface area (TPSA) is 66.4 Å². The average Bonchev–Trinajstić information content (AvgIpc) is 3.04. The van der Waals surface area contributed by atoms with Crippen molar-refractivity contribution < 1.29 is 13.5 Å². The molecule has 7 heteroatoms. The summed E-state index contributed by atoms with van der Waals surface area (Å²) in [5, 5.41) is 14.0. The number of nitrogens with one attached hydrogen (secondary N) is 1. The molecule has 4 nitrogen and oxygen atoms in total. The minimum atomic E-state index is -3.43. The molecule has 2 aromatic carbocycles. The Hall–Kier alpha value is -1.70. The second kappa shape index (κ2) is 6.79. The predicted octanol–water partition coefficient (Wildman–Crippen LogP) is 4.14. The molecule has 1 aliphatic rings. The number of fused-ring (bicyclic) bond motifs is 3. The van der Waals surface area contributed by atoms with E-state index in [1.807, 2.05) is 30.3 Å². The van der Waals surface area contributed by atoms with E-state index in [0.29, 0.717) is 22.0 Å². The minimum absolute atomic E-state index is 0.0718. The minimum Gasteiger partial charge on any atom is -0.373 e. The van der Waals surface area contributed by atoms with Crippen molar-refractivity contribution >= 4 is 32.8 Å². The molecule has 4 rings (SSSR count). The highest BCUT2D eigenvalue weighted by Crippen LogP contribution is 2.44. The Morgan fingerprint density at radius 1 is 1.15 bits per heavy atom. The van der Waals surface area contributed by atoms with E-state index < -0.39 is 16.1 Å². The Bertz CT molecular complexity index is 1060. The van der Waals surface area contributed by atoms with E-state index in [2.05, 4.69) is 5.32 Å². The Morgan fingerprint density at radius 3 is 2.69 bits per heavy atom. The third kappa shape index (κ3) is 3.31. The molecule has 0 aliphatic carbocycles. The zero-order chi connectivity index (χ0) is 18.3. The summed E-state index contributed by atoms with van der Waals surface area (Å²) in [6.45, 7) is 0.523. The molecule has 0 saturated heterocycles. The van der Waals surface area contributed by atoms with E-state index in [1.165, 1.54) is 17.4 Å². The summed E-state index contributed by atoms with van der Waals surface area (Å²) in [5.41, 5.74) is 2.44. The van der Waals surface area contributed by atoms with Gasteiger partial charge in [0.15, 0.2) is 9.84 Å². The molecule has 0 spiro atoms. The lowest BCUT2D eigenvalue weighted by Crippen LogP contribution is -2.19. The largest absolute Gasteiger partial charge is 0.373 e. The zero-order valence-electron chi connectivity index (χ0n) is 13.6. The van der Waals surface area contributed by atoms with Gasteiger partial charge in [0.1, 0.15) is 6.23 Å². The van der Waals surface area contributed by atoms with Crippen LogP contribution in [0.2, 0.25) is 5.02 Å². The fourth-order valence-corrected chi connectivity index (χ4v) is 6.23. The molecule has 0 amide bonds. The van der Waals surface area contributed by atoms with Crippen LogP contribution in [0.15, 0.2) is 59.5 Å². The maximum absolute atomic E-state index is 12.5. The molecule has 2 N–H and O–H groups in total. The van der Waals surface area contributed by atoms with Gasteiger partial charge in [-0.3, -0.25) is 5.32 Å². The van der Waals surface area contributed by atoms with Gasteiger partial charge in [-0.15, -0.1) is 11.3 Å². The van der Waals surface area contributed by atoms with Crippen LogP contribution in [0.4, 0.5) is 0 Å². The van der Waals surface area contributed by atoms with Crippen LogP contribution < -0.4 is 5.32 Å². The van der Waals surface area contributed by atoms with E-state index in [1.54, 1.807) is 18.2 Å². The molecule has 1 aromatic heterocycles. The van der Waals surface area contributed by atoms with Gasteiger partial charge in [-0.25, -0.2) is 8.42 Å². The van der Waals surface area contributed by atoms with Crippen molar-refractivity contribution in [2.24, 2.45) is 0 Å². The molecular formula is C19H16ClNO3S2. The van der Waals surface area contributed by atoms with Gasteiger partial charge in [-0.1, -0.05) is 48.0 Å². The Morgan fingerprint density at radius 2 is 1.92 bits per heavy atom. The third-order valence-corrected chi connectivity index (χ3v) is 7.51. The number of aliphatic hydroxyl groups is 1. The van der Waals surface area contributed by atoms with Gasteiger partial charge in [-0.2, -0.15) is 0 Å². The SMILES string of the molecule is O=S1(=O)Cc2cc(C(O)NCc3ccccc3)sc2-c2ccc(Cl)cc21. The molecule has 0 bridgehead atoms. The van der Waals surface area contributed by atoms with Crippen LogP contribution in [0.25, 0.3) is 10.4 Å². The summed E-state index contributed by atoms with van der Waals surface area (Å²) in [4.78, 5) is 1.84. The number of halogens is 1. The van der Waals surface area contributed by atoms with Crippen molar-refractivity contribution in [3.63, 3.8) is 0 Å². The molecule has 0 fully saturated rings. The van der Waals surface area contributed by atoms with E-state index in [0.717, 1.165) is 16.0 Å². The van der Waals surface area contributed by atoms with Crippen LogP contribution >= 0.6 is 22.9 Å². The van der Waals surface area contributed by atoms with E-state index in [9.17, 15) is 13.5 Å². The molecule has 134 valence electrons. The van der Waals surface area contributed by atoms with Crippen LogP contribution in [0.5, 0.6) is 0 Å². The number of hydrogen-bond donors (Lipinski definition) is 2. The first kappa shape index (κ1) is 17.7. The lowest BCUT2D eigenvalue weighted by molar-refractivity contribution is 0.141. The first-order chi connectivity index (χ1) is 12.4. The number of sulfone groups is 1. The molecule has 3 aromatic rings. The first-order valence-electron chi connectivity index (χ1n) is 8.05. The van der Waals surface area contributed by atoms with Crippen molar-refractivity contribution in [2.75, 3.05) is 0 Å². The van der Waals surface area contributed by atoms with Crippen LogP contribution in [0.1, 0.15) is 22.2 Å². The van der Waals surface area contributed by atoms with Gasteiger partial charge >= 0.3 is 0 Å². The maximum atomic E-state index is 12.5. The monoisotopic (exact) mass is 405 g/mol. The van der Waals surface area contributed by atoms with Gasteiger partial charge in [0.2, 0.25) is 0 Å². The molecule has 1 aliphatic heterocycles. The van der Waals surface area contributed by atoms with E-state index >= 15 is 0 Å². The Balaban J connectivity index is 1.64. The molecule has 26 heavy (non-hydrogen) atoms. The summed E-state index contributed by atoms with van der Waals surface area (Å²) in [5.74, 6) is -0.0718. The predicted molar refractivity (Wildman–Crippen MR) is 104 cm³/mol. The number of thiophene rings is 1. The number of rotatable bonds is 4. The Kier molecular flexibility index (Phi) is 4.62.